The summed E-state index contributed by atoms with van der Waals surface area (Å²) in [5.41, 5.74) is 0. The third-order valence-corrected chi connectivity index (χ3v) is 2.50. The summed E-state index contributed by atoms with van der Waals surface area (Å²) in [6.45, 7) is 0. The van der Waals surface area contributed by atoms with Crippen LogP contribution < -0.4 is 5.84 Å². The molecule has 1 aromatic rings. The number of aromatic amines is 1. The van der Waals surface area contributed by atoms with Gasteiger partial charge in [0.05, 0.1) is 6.10 Å². The molecule has 0 atom stereocenters. The predicted octanol–water partition coefficient (Wildman–Crippen LogP) is -0.107. The van der Waals surface area contributed by atoms with E-state index in [1.54, 1.807) is 0 Å². The van der Waals surface area contributed by atoms with E-state index >= 15 is 0 Å². The summed E-state index contributed by atoms with van der Waals surface area (Å²) in [5, 5.41) is 15.7. The lowest BCUT2D eigenvalue weighted by molar-refractivity contribution is 0.0708. The average molecular weight is 186 g/mol. The van der Waals surface area contributed by atoms with Gasteiger partial charge in [-0.15, -0.1) is 0 Å². The fourth-order valence-corrected chi connectivity index (χ4v) is 1.54. The molecule has 4 N–H and O–H groups in total. The third-order valence-electron chi connectivity index (χ3n) is 2.21. The molecule has 12 heavy (non-hydrogen) atoms. The van der Waals surface area contributed by atoms with Crippen LogP contribution in [-0.2, 0) is 0 Å². The van der Waals surface area contributed by atoms with E-state index in [0.717, 1.165) is 18.7 Å². The molecule has 1 saturated carbocycles. The molecule has 1 fully saturated rings. The van der Waals surface area contributed by atoms with E-state index in [1.165, 1.54) is 4.68 Å². The van der Waals surface area contributed by atoms with Gasteiger partial charge >= 0.3 is 0 Å². The van der Waals surface area contributed by atoms with Crippen molar-refractivity contribution in [3.63, 3.8) is 0 Å². The monoisotopic (exact) mass is 186 g/mol. The van der Waals surface area contributed by atoms with Crippen LogP contribution in [0, 0.1) is 4.77 Å². The molecule has 1 aliphatic rings. The molecule has 0 unspecified atom stereocenters. The van der Waals surface area contributed by atoms with Crippen molar-refractivity contribution < 1.29 is 5.11 Å². The highest BCUT2D eigenvalue weighted by Gasteiger charge is 2.32. The van der Waals surface area contributed by atoms with Gasteiger partial charge in [0.1, 0.15) is 0 Å². The number of nitrogen functional groups attached to an aromatic ring is 1. The van der Waals surface area contributed by atoms with Crippen molar-refractivity contribution in [1.82, 2.24) is 14.9 Å². The first kappa shape index (κ1) is 7.75. The van der Waals surface area contributed by atoms with Gasteiger partial charge in [-0.2, -0.15) is 5.10 Å². The van der Waals surface area contributed by atoms with E-state index in [1.807, 2.05) is 0 Å². The minimum atomic E-state index is -0.194. The Labute approximate surface area is 74.2 Å². The Morgan fingerprint density at radius 1 is 1.67 bits per heavy atom. The zero-order valence-electron chi connectivity index (χ0n) is 6.40. The highest BCUT2D eigenvalue weighted by Crippen LogP contribution is 2.34. The highest BCUT2D eigenvalue weighted by atomic mass is 32.1. The molecular weight excluding hydrogens is 176 g/mol. The lowest BCUT2D eigenvalue weighted by atomic mass is 9.82. The van der Waals surface area contributed by atoms with E-state index < -0.39 is 0 Å². The van der Waals surface area contributed by atoms with Crippen LogP contribution >= 0.6 is 12.2 Å². The molecule has 6 heteroatoms. The van der Waals surface area contributed by atoms with Crippen LogP contribution in [0.25, 0.3) is 0 Å². The number of nitrogens with one attached hydrogen (secondary N) is 1. The number of rotatable bonds is 1. The summed E-state index contributed by atoms with van der Waals surface area (Å²) < 4.78 is 1.79. The smallest absolute Gasteiger partial charge is 0.214 e. The highest BCUT2D eigenvalue weighted by molar-refractivity contribution is 7.71. The molecule has 0 amide bonds. The molecule has 0 saturated heterocycles. The largest absolute Gasteiger partial charge is 0.393 e. The van der Waals surface area contributed by atoms with Crippen molar-refractivity contribution >= 4 is 12.2 Å². The maximum Gasteiger partial charge on any atom is 0.214 e. The molecule has 5 nitrogen and oxygen atoms in total. The third kappa shape index (κ3) is 1.03. The second-order valence-corrected chi connectivity index (χ2v) is 3.47. The number of aromatic nitrogens is 3. The fourth-order valence-electron chi connectivity index (χ4n) is 1.40. The zero-order chi connectivity index (χ0) is 8.72. The van der Waals surface area contributed by atoms with Crippen molar-refractivity contribution in [2.24, 2.45) is 0 Å². The number of aliphatic hydroxyl groups excluding tert-OH is 1. The van der Waals surface area contributed by atoms with E-state index in [9.17, 15) is 0 Å². The van der Waals surface area contributed by atoms with E-state index in [0.29, 0.717) is 4.77 Å². The van der Waals surface area contributed by atoms with Crippen LogP contribution in [0.15, 0.2) is 0 Å². The Morgan fingerprint density at radius 3 is 2.75 bits per heavy atom. The van der Waals surface area contributed by atoms with Crippen LogP contribution in [0.3, 0.4) is 0 Å². The van der Waals surface area contributed by atoms with Gasteiger partial charge in [-0.05, 0) is 25.1 Å². The molecule has 0 radical (unpaired) electrons. The first-order chi connectivity index (χ1) is 5.68. The van der Waals surface area contributed by atoms with Gasteiger partial charge in [-0.25, -0.2) is 4.68 Å². The lowest BCUT2D eigenvalue weighted by Crippen LogP contribution is -2.30. The van der Waals surface area contributed by atoms with Crippen molar-refractivity contribution in [1.29, 1.82) is 0 Å². The molecule has 0 bridgehead atoms. The Balaban J connectivity index is 2.24. The van der Waals surface area contributed by atoms with Crippen LogP contribution in [0.2, 0.25) is 0 Å². The second-order valence-electron chi connectivity index (χ2n) is 3.08. The Hall–Kier alpha value is -0.880. The summed E-state index contributed by atoms with van der Waals surface area (Å²) in [4.78, 5) is 0. The maximum absolute atomic E-state index is 9.06. The summed E-state index contributed by atoms with van der Waals surface area (Å²) in [6.07, 6.45) is 1.27. The molecule has 1 heterocycles. The summed E-state index contributed by atoms with van der Waals surface area (Å²) in [6, 6.07) is 0. The van der Waals surface area contributed by atoms with Gasteiger partial charge in [-0.3, -0.25) is 5.10 Å². The van der Waals surface area contributed by atoms with Gasteiger partial charge in [0.15, 0.2) is 5.82 Å². The number of hydrogen-bond donors (Lipinski definition) is 3. The van der Waals surface area contributed by atoms with Gasteiger partial charge in [0, 0.05) is 5.92 Å². The first-order valence-corrected chi connectivity index (χ1v) is 4.19. The topological polar surface area (TPSA) is 79.9 Å². The minimum Gasteiger partial charge on any atom is -0.393 e. The Kier molecular flexibility index (Phi) is 1.66. The molecule has 0 aromatic carbocycles. The van der Waals surface area contributed by atoms with Gasteiger partial charge < -0.3 is 10.9 Å². The predicted molar refractivity (Wildman–Crippen MR) is 45.5 cm³/mol. The van der Waals surface area contributed by atoms with E-state index in [-0.39, 0.29) is 12.0 Å². The average Bonchev–Trinajstić information content (AvgIpc) is 2.28. The summed E-state index contributed by atoms with van der Waals surface area (Å²) in [5.74, 6) is 6.60. The van der Waals surface area contributed by atoms with Gasteiger partial charge in [0.2, 0.25) is 4.77 Å². The lowest BCUT2D eigenvalue weighted by Gasteiger charge is -2.29. The Bertz CT molecular complexity index is 338. The van der Waals surface area contributed by atoms with E-state index in [2.05, 4.69) is 10.2 Å². The van der Waals surface area contributed by atoms with E-state index in [4.69, 9.17) is 23.2 Å². The normalized spacial score (nSPS) is 28.4. The van der Waals surface area contributed by atoms with Crippen LogP contribution in [0.4, 0.5) is 0 Å². The van der Waals surface area contributed by atoms with Crippen molar-refractivity contribution in [2.75, 3.05) is 5.84 Å². The van der Waals surface area contributed by atoms with Crippen molar-refractivity contribution in [3.05, 3.63) is 10.6 Å². The quantitative estimate of drug-likeness (QED) is 0.422. The zero-order valence-corrected chi connectivity index (χ0v) is 7.21. The minimum absolute atomic E-state index is 0.194. The van der Waals surface area contributed by atoms with Gasteiger partial charge in [-0.1, -0.05) is 0 Å². The molecular formula is C6H10N4OS. The van der Waals surface area contributed by atoms with Gasteiger partial charge in [0.25, 0.3) is 0 Å². The molecule has 0 spiro atoms. The van der Waals surface area contributed by atoms with Crippen molar-refractivity contribution in [3.8, 4) is 0 Å². The number of aliphatic hydroxyl groups is 1. The summed E-state index contributed by atoms with van der Waals surface area (Å²) in [7, 11) is 0. The first-order valence-electron chi connectivity index (χ1n) is 3.79. The molecule has 0 aliphatic heterocycles. The molecule has 1 aromatic heterocycles. The van der Waals surface area contributed by atoms with Crippen molar-refractivity contribution in [2.45, 2.75) is 24.9 Å². The molecule has 1 aliphatic carbocycles. The fraction of sp³-hybridized carbons (Fsp3) is 0.667. The van der Waals surface area contributed by atoms with Crippen LogP contribution in [-0.4, -0.2) is 26.1 Å². The van der Waals surface area contributed by atoms with Crippen LogP contribution in [0.1, 0.15) is 24.6 Å². The Morgan fingerprint density at radius 2 is 2.33 bits per heavy atom. The molecule has 2 rings (SSSR count). The standard InChI is InChI=1S/C6H10N4OS/c7-10-5(8-9-6(10)12)3-1-4(11)2-3/h3-4,11H,1-2,7H2,(H,9,12). The summed E-state index contributed by atoms with van der Waals surface area (Å²) >= 11 is 4.85. The second kappa shape index (κ2) is 2.56. The maximum atomic E-state index is 9.06. The number of H-pyrrole nitrogens is 1. The number of hydrogen-bond acceptors (Lipinski definition) is 4. The molecule has 66 valence electrons. The van der Waals surface area contributed by atoms with Crippen LogP contribution in [0.5, 0.6) is 0 Å². The SMILES string of the molecule is Nn1c(C2CC(O)C2)n[nH]c1=S. The number of nitrogens with two attached hydrogens (primary N) is 1. The number of nitrogens with zero attached hydrogens (tertiary/aromatic N) is 2.